The summed E-state index contributed by atoms with van der Waals surface area (Å²) in [5, 5.41) is 11.7. The second kappa shape index (κ2) is 8.81. The molecule has 0 saturated carbocycles. The third-order valence-electron chi connectivity index (χ3n) is 4.56. The Morgan fingerprint density at radius 2 is 1.88 bits per heavy atom. The molecule has 5 aromatic rings. The van der Waals surface area contributed by atoms with Gasteiger partial charge in [0.15, 0.2) is 0 Å². The lowest BCUT2D eigenvalue weighted by Gasteiger charge is -2.06. The molecule has 0 atom stereocenters. The molecule has 0 aliphatic heterocycles. The Morgan fingerprint density at radius 1 is 1.03 bits per heavy atom. The van der Waals surface area contributed by atoms with E-state index < -0.39 is 0 Å². The number of amides is 1. The first kappa shape index (κ1) is 20.2. The summed E-state index contributed by atoms with van der Waals surface area (Å²) < 4.78 is 7.49. The maximum Gasteiger partial charge on any atom is 0.277 e. The molecule has 0 aliphatic rings. The number of nitrogens with zero attached hydrogens (tertiary/aromatic N) is 5. The van der Waals surface area contributed by atoms with E-state index >= 15 is 0 Å². The van der Waals surface area contributed by atoms with E-state index in [1.165, 1.54) is 0 Å². The highest BCUT2D eigenvalue weighted by atomic mass is 35.5. The number of hydrogen-bond acceptors (Lipinski definition) is 7. The van der Waals surface area contributed by atoms with Crippen molar-refractivity contribution in [2.24, 2.45) is 0 Å². The lowest BCUT2D eigenvalue weighted by molar-refractivity contribution is -0.113. The van der Waals surface area contributed by atoms with Gasteiger partial charge in [-0.25, -0.2) is 9.97 Å². The van der Waals surface area contributed by atoms with Crippen LogP contribution in [0.2, 0.25) is 5.02 Å². The molecule has 0 fully saturated rings. The Bertz CT molecular complexity index is 1380. The van der Waals surface area contributed by atoms with Crippen LogP contribution in [0.1, 0.15) is 0 Å². The van der Waals surface area contributed by atoms with E-state index in [4.69, 9.17) is 16.0 Å². The minimum Gasteiger partial charge on any atom is -0.411 e. The quantitative estimate of drug-likeness (QED) is 0.360. The molecule has 2 aromatic carbocycles. The standard InChI is InChI=1S/C22H15ClN6O2S/c23-15-7-5-14(6-8-15)21-27-28-22(31-21)32-12-20(30)26-16-9-10-19(24-11-16)29-13-25-17-3-1-2-4-18(17)29/h1-11,13H,12H2,(H,26,30). The maximum absolute atomic E-state index is 12.3. The van der Waals surface area contributed by atoms with Crippen LogP contribution >= 0.6 is 23.4 Å². The Balaban J connectivity index is 1.19. The van der Waals surface area contributed by atoms with Gasteiger partial charge in [0.2, 0.25) is 11.8 Å². The maximum atomic E-state index is 12.3. The molecule has 0 bridgehead atoms. The fourth-order valence-corrected chi connectivity index (χ4v) is 3.73. The number of carbonyl (C=O) groups excluding carboxylic acids is 1. The zero-order chi connectivity index (χ0) is 21.9. The fourth-order valence-electron chi connectivity index (χ4n) is 3.05. The minimum atomic E-state index is -0.205. The number of imidazole rings is 1. The third kappa shape index (κ3) is 4.34. The zero-order valence-electron chi connectivity index (χ0n) is 16.5. The topological polar surface area (TPSA) is 98.7 Å². The van der Waals surface area contributed by atoms with Crippen molar-refractivity contribution < 1.29 is 9.21 Å². The summed E-state index contributed by atoms with van der Waals surface area (Å²) in [6, 6.07) is 18.5. The number of hydrogen-bond donors (Lipinski definition) is 1. The number of pyridine rings is 1. The lowest BCUT2D eigenvalue weighted by Crippen LogP contribution is -2.14. The van der Waals surface area contributed by atoms with Crippen LogP contribution < -0.4 is 5.32 Å². The molecule has 32 heavy (non-hydrogen) atoms. The number of halogens is 1. The van der Waals surface area contributed by atoms with Crippen LogP contribution in [0.3, 0.4) is 0 Å². The van der Waals surface area contributed by atoms with Crippen molar-refractivity contribution in [3.63, 3.8) is 0 Å². The van der Waals surface area contributed by atoms with Crippen LogP contribution in [0.5, 0.6) is 0 Å². The first-order valence-electron chi connectivity index (χ1n) is 9.56. The highest BCUT2D eigenvalue weighted by Crippen LogP contribution is 2.24. The van der Waals surface area contributed by atoms with Crippen molar-refractivity contribution in [1.82, 2.24) is 24.7 Å². The van der Waals surface area contributed by atoms with Gasteiger partial charge in [0.25, 0.3) is 5.22 Å². The van der Waals surface area contributed by atoms with Gasteiger partial charge in [-0.05, 0) is 48.5 Å². The highest BCUT2D eigenvalue weighted by molar-refractivity contribution is 7.99. The highest BCUT2D eigenvalue weighted by Gasteiger charge is 2.12. The Kier molecular flexibility index (Phi) is 5.57. The summed E-state index contributed by atoms with van der Waals surface area (Å²) in [6.07, 6.45) is 3.34. The summed E-state index contributed by atoms with van der Waals surface area (Å²) in [7, 11) is 0. The second-order valence-electron chi connectivity index (χ2n) is 6.73. The van der Waals surface area contributed by atoms with Crippen LogP contribution in [0.4, 0.5) is 5.69 Å². The van der Waals surface area contributed by atoms with Crippen molar-refractivity contribution in [3.8, 4) is 17.3 Å². The molecule has 0 aliphatic carbocycles. The molecule has 1 amide bonds. The van der Waals surface area contributed by atoms with Crippen molar-refractivity contribution >= 4 is 46.0 Å². The van der Waals surface area contributed by atoms with E-state index in [9.17, 15) is 4.79 Å². The molecule has 3 heterocycles. The lowest BCUT2D eigenvalue weighted by atomic mass is 10.2. The van der Waals surface area contributed by atoms with Gasteiger partial charge in [-0.1, -0.05) is 35.5 Å². The monoisotopic (exact) mass is 462 g/mol. The number of aromatic nitrogens is 5. The predicted octanol–water partition coefficient (Wildman–Crippen LogP) is 4.85. The van der Waals surface area contributed by atoms with Gasteiger partial charge in [-0.3, -0.25) is 9.36 Å². The molecule has 8 nitrogen and oxygen atoms in total. The molecular weight excluding hydrogens is 448 g/mol. The zero-order valence-corrected chi connectivity index (χ0v) is 18.0. The second-order valence-corrected chi connectivity index (χ2v) is 8.09. The first-order valence-corrected chi connectivity index (χ1v) is 10.9. The molecule has 1 N–H and O–H groups in total. The number of thioether (sulfide) groups is 1. The summed E-state index contributed by atoms with van der Waals surface area (Å²) in [6.45, 7) is 0. The van der Waals surface area contributed by atoms with E-state index in [0.29, 0.717) is 27.6 Å². The van der Waals surface area contributed by atoms with Crippen LogP contribution in [-0.2, 0) is 4.79 Å². The van der Waals surface area contributed by atoms with Gasteiger partial charge in [0, 0.05) is 10.6 Å². The number of anilines is 1. The van der Waals surface area contributed by atoms with Crippen molar-refractivity contribution in [1.29, 1.82) is 0 Å². The van der Waals surface area contributed by atoms with E-state index in [1.54, 1.807) is 42.9 Å². The fraction of sp³-hybridized carbons (Fsp3) is 0.0455. The first-order chi connectivity index (χ1) is 15.7. The molecule has 0 saturated heterocycles. The van der Waals surface area contributed by atoms with Gasteiger partial charge >= 0.3 is 0 Å². The van der Waals surface area contributed by atoms with E-state index in [2.05, 4.69) is 25.5 Å². The molecule has 3 aromatic heterocycles. The van der Waals surface area contributed by atoms with Gasteiger partial charge in [-0.15, -0.1) is 10.2 Å². The van der Waals surface area contributed by atoms with Gasteiger partial charge in [0.1, 0.15) is 12.1 Å². The normalized spacial score (nSPS) is 11.0. The Hall–Kier alpha value is -3.69. The SMILES string of the molecule is O=C(CSc1nnc(-c2ccc(Cl)cc2)o1)Nc1ccc(-n2cnc3ccccc32)nc1. The van der Waals surface area contributed by atoms with Crippen molar-refractivity contribution in [3.05, 3.63) is 78.2 Å². The number of fused-ring (bicyclic) bond motifs is 1. The third-order valence-corrected chi connectivity index (χ3v) is 5.63. The largest absolute Gasteiger partial charge is 0.411 e. The Labute approximate surface area is 191 Å². The summed E-state index contributed by atoms with van der Waals surface area (Å²) in [5.74, 6) is 1.00. The number of nitrogens with one attached hydrogen (secondary N) is 1. The molecular formula is C22H15ClN6O2S. The smallest absolute Gasteiger partial charge is 0.277 e. The molecule has 0 spiro atoms. The summed E-state index contributed by atoms with van der Waals surface area (Å²) in [5.41, 5.74) is 3.21. The van der Waals surface area contributed by atoms with Crippen LogP contribution in [0.15, 0.2) is 82.8 Å². The molecule has 0 radical (unpaired) electrons. The average Bonchev–Trinajstić information content (AvgIpc) is 3.46. The molecule has 10 heteroatoms. The predicted molar refractivity (Wildman–Crippen MR) is 123 cm³/mol. The number of para-hydroxylation sites is 2. The van der Waals surface area contributed by atoms with Crippen LogP contribution in [-0.4, -0.2) is 36.4 Å². The van der Waals surface area contributed by atoms with Gasteiger partial charge in [-0.2, -0.15) is 0 Å². The van der Waals surface area contributed by atoms with Crippen LogP contribution in [0, 0.1) is 0 Å². The van der Waals surface area contributed by atoms with E-state index in [0.717, 1.165) is 28.4 Å². The van der Waals surface area contributed by atoms with Crippen molar-refractivity contribution in [2.75, 3.05) is 11.1 Å². The molecule has 5 rings (SSSR count). The van der Waals surface area contributed by atoms with Crippen LogP contribution in [0.25, 0.3) is 28.3 Å². The number of carbonyl (C=O) groups is 1. The Morgan fingerprint density at radius 3 is 2.69 bits per heavy atom. The summed E-state index contributed by atoms with van der Waals surface area (Å²) >= 11 is 7.05. The number of benzene rings is 2. The number of rotatable bonds is 6. The van der Waals surface area contributed by atoms with Crippen molar-refractivity contribution in [2.45, 2.75) is 5.22 Å². The molecule has 158 valence electrons. The average molecular weight is 463 g/mol. The van der Waals surface area contributed by atoms with Gasteiger partial charge < -0.3 is 9.73 Å². The molecule has 0 unspecified atom stereocenters. The van der Waals surface area contributed by atoms with E-state index in [-0.39, 0.29) is 11.7 Å². The summed E-state index contributed by atoms with van der Waals surface area (Å²) in [4.78, 5) is 21.1. The van der Waals surface area contributed by atoms with Gasteiger partial charge in [0.05, 0.1) is 28.7 Å². The van der Waals surface area contributed by atoms with E-state index in [1.807, 2.05) is 34.9 Å². The minimum absolute atomic E-state index is 0.121.